The van der Waals surface area contributed by atoms with Crippen LogP contribution in [0.5, 0.6) is 0 Å². The smallest absolute Gasteiger partial charge is 0.0506 e. The molecule has 0 bridgehead atoms. The predicted octanol–water partition coefficient (Wildman–Crippen LogP) is 3.65. The van der Waals surface area contributed by atoms with Gasteiger partial charge in [0.15, 0.2) is 0 Å². The Hall–Kier alpha value is 0.920. The summed E-state index contributed by atoms with van der Waals surface area (Å²) in [4.78, 5) is 0.364. The first kappa shape index (κ1) is 10.9. The lowest BCUT2D eigenvalue weighted by Gasteiger charge is -1.92. The first-order valence-corrected chi connectivity index (χ1v) is 6.06. The molecule has 0 unspecified atom stereocenters. The van der Waals surface area contributed by atoms with Crippen LogP contribution in [0.2, 0.25) is 0 Å². The van der Waals surface area contributed by atoms with Crippen LogP contribution < -0.4 is 0 Å². The lowest BCUT2D eigenvalue weighted by Crippen LogP contribution is -1.84. The van der Waals surface area contributed by atoms with Crippen molar-refractivity contribution in [2.24, 2.45) is 0 Å². The van der Waals surface area contributed by atoms with Crippen molar-refractivity contribution in [3.05, 3.63) is 24.3 Å². The Morgan fingerprint density at radius 3 is 1.70 bits per heavy atom. The zero-order chi connectivity index (χ0) is 7.82. The maximum Gasteiger partial charge on any atom is 0.0506 e. The van der Waals surface area contributed by atoms with E-state index in [1.807, 2.05) is 0 Å². The summed E-state index contributed by atoms with van der Waals surface area (Å²) >= 11 is 10.1. The van der Waals surface area contributed by atoms with Gasteiger partial charge in [-0.1, -0.05) is 72.1 Å². The van der Waals surface area contributed by atoms with Gasteiger partial charge in [0.25, 0.3) is 0 Å². The number of rotatable bonds is 4. The molecule has 0 aliphatic rings. The van der Waals surface area contributed by atoms with Crippen molar-refractivity contribution in [1.29, 1.82) is 0 Å². The molecule has 0 atom stereocenters. The number of halogens is 3. The highest BCUT2D eigenvalue weighted by atomic mass is 79.9. The minimum Gasteiger partial charge on any atom is -0.0883 e. The SMILES string of the molecule is BrC/C=C/C(Br)/C=C/CBr. The quantitative estimate of drug-likeness (QED) is 0.544. The first-order valence-electron chi connectivity index (χ1n) is 2.90. The Balaban J connectivity index is 3.52. The second-order valence-corrected chi connectivity index (χ2v) is 3.96. The molecule has 0 aromatic carbocycles. The third kappa shape index (κ3) is 7.03. The zero-order valence-electron chi connectivity index (χ0n) is 5.43. The number of hydrogen-bond acceptors (Lipinski definition) is 0. The van der Waals surface area contributed by atoms with Crippen molar-refractivity contribution in [2.75, 3.05) is 10.7 Å². The van der Waals surface area contributed by atoms with Gasteiger partial charge in [0.2, 0.25) is 0 Å². The molecule has 0 amide bonds. The van der Waals surface area contributed by atoms with Crippen LogP contribution in [0.3, 0.4) is 0 Å². The van der Waals surface area contributed by atoms with Gasteiger partial charge in [0, 0.05) is 10.7 Å². The van der Waals surface area contributed by atoms with E-state index in [1.54, 1.807) is 0 Å². The van der Waals surface area contributed by atoms with Gasteiger partial charge in [0.1, 0.15) is 0 Å². The second-order valence-electron chi connectivity index (χ2n) is 1.61. The van der Waals surface area contributed by atoms with Crippen LogP contribution in [-0.2, 0) is 0 Å². The van der Waals surface area contributed by atoms with E-state index in [-0.39, 0.29) is 0 Å². The fraction of sp³-hybridized carbons (Fsp3) is 0.429. The summed E-state index contributed by atoms with van der Waals surface area (Å²) in [6.07, 6.45) is 8.32. The largest absolute Gasteiger partial charge is 0.0883 e. The molecule has 10 heavy (non-hydrogen) atoms. The lowest BCUT2D eigenvalue weighted by atomic mass is 10.3. The Bertz CT molecular complexity index is 104. The van der Waals surface area contributed by atoms with Gasteiger partial charge in [-0.2, -0.15) is 0 Å². The van der Waals surface area contributed by atoms with Crippen molar-refractivity contribution in [3.63, 3.8) is 0 Å². The van der Waals surface area contributed by atoms with Crippen molar-refractivity contribution in [1.82, 2.24) is 0 Å². The standard InChI is InChI=1S/C7H9Br3/c8-5-1-3-7(10)4-2-6-9/h1-4,7H,5-6H2/b3-1+,4-2+. The van der Waals surface area contributed by atoms with Gasteiger partial charge in [-0.05, 0) is 0 Å². The van der Waals surface area contributed by atoms with Gasteiger partial charge >= 0.3 is 0 Å². The molecule has 0 saturated carbocycles. The molecule has 0 N–H and O–H groups in total. The summed E-state index contributed by atoms with van der Waals surface area (Å²) in [5, 5.41) is 1.83. The van der Waals surface area contributed by atoms with E-state index in [2.05, 4.69) is 72.1 Å². The van der Waals surface area contributed by atoms with E-state index in [1.165, 1.54) is 0 Å². The molecule has 0 nitrogen and oxygen atoms in total. The summed E-state index contributed by atoms with van der Waals surface area (Å²) in [6.45, 7) is 0. The van der Waals surface area contributed by atoms with E-state index in [0.717, 1.165) is 10.7 Å². The third-order valence-electron chi connectivity index (χ3n) is 0.818. The fourth-order valence-electron chi connectivity index (χ4n) is 0.427. The third-order valence-corrected chi connectivity index (χ3v) is 2.18. The van der Waals surface area contributed by atoms with Crippen LogP contribution in [0.25, 0.3) is 0 Å². The molecule has 0 fully saturated rings. The predicted molar refractivity (Wildman–Crippen MR) is 58.6 cm³/mol. The van der Waals surface area contributed by atoms with Crippen LogP contribution in [0.4, 0.5) is 0 Å². The van der Waals surface area contributed by atoms with Crippen LogP contribution >= 0.6 is 47.8 Å². The zero-order valence-corrected chi connectivity index (χ0v) is 10.2. The van der Waals surface area contributed by atoms with Crippen LogP contribution in [0.15, 0.2) is 24.3 Å². The van der Waals surface area contributed by atoms with E-state index in [9.17, 15) is 0 Å². The Kier molecular flexibility index (Phi) is 8.76. The molecule has 0 aliphatic heterocycles. The number of alkyl halides is 3. The molecule has 0 aromatic rings. The summed E-state index contributed by atoms with van der Waals surface area (Å²) in [5.41, 5.74) is 0. The van der Waals surface area contributed by atoms with Gasteiger partial charge in [0.05, 0.1) is 4.83 Å². The summed E-state index contributed by atoms with van der Waals surface area (Å²) < 4.78 is 0. The van der Waals surface area contributed by atoms with Crippen molar-refractivity contribution in [2.45, 2.75) is 4.83 Å². The van der Waals surface area contributed by atoms with E-state index in [0.29, 0.717) is 4.83 Å². The monoisotopic (exact) mass is 330 g/mol. The molecule has 0 rings (SSSR count). The fourth-order valence-corrected chi connectivity index (χ4v) is 1.29. The molecular weight excluding hydrogens is 324 g/mol. The van der Waals surface area contributed by atoms with Gasteiger partial charge in [-0.15, -0.1) is 0 Å². The van der Waals surface area contributed by atoms with Gasteiger partial charge in [-0.3, -0.25) is 0 Å². The maximum atomic E-state index is 3.46. The molecule has 0 aliphatic carbocycles. The maximum absolute atomic E-state index is 3.46. The van der Waals surface area contributed by atoms with Crippen molar-refractivity contribution < 1.29 is 0 Å². The summed E-state index contributed by atoms with van der Waals surface area (Å²) in [5.74, 6) is 0. The average molecular weight is 333 g/mol. The van der Waals surface area contributed by atoms with E-state index >= 15 is 0 Å². The average Bonchev–Trinajstić information content (AvgIpc) is 1.97. The molecule has 0 saturated heterocycles. The van der Waals surface area contributed by atoms with Gasteiger partial charge in [-0.25, -0.2) is 0 Å². The lowest BCUT2D eigenvalue weighted by molar-refractivity contribution is 1.42. The summed E-state index contributed by atoms with van der Waals surface area (Å²) in [6, 6.07) is 0. The number of hydrogen-bond donors (Lipinski definition) is 0. The summed E-state index contributed by atoms with van der Waals surface area (Å²) in [7, 11) is 0. The van der Waals surface area contributed by atoms with Crippen LogP contribution in [-0.4, -0.2) is 15.5 Å². The first-order chi connectivity index (χ1) is 4.81. The van der Waals surface area contributed by atoms with E-state index in [4.69, 9.17) is 0 Å². The minimum atomic E-state index is 0.364. The van der Waals surface area contributed by atoms with Crippen LogP contribution in [0, 0.1) is 0 Å². The second kappa shape index (κ2) is 8.02. The Labute approximate surface area is 87.2 Å². The Morgan fingerprint density at radius 2 is 1.40 bits per heavy atom. The molecular formula is C7H9Br3. The topological polar surface area (TPSA) is 0 Å². The Morgan fingerprint density at radius 1 is 1.00 bits per heavy atom. The van der Waals surface area contributed by atoms with Crippen LogP contribution in [0.1, 0.15) is 0 Å². The van der Waals surface area contributed by atoms with Crippen molar-refractivity contribution in [3.8, 4) is 0 Å². The van der Waals surface area contributed by atoms with E-state index < -0.39 is 0 Å². The highest BCUT2D eigenvalue weighted by Gasteiger charge is 1.88. The molecule has 3 heteroatoms. The molecule has 0 spiro atoms. The highest BCUT2D eigenvalue weighted by Crippen LogP contribution is 2.03. The molecule has 0 radical (unpaired) electrons. The normalized spacial score (nSPS) is 12.4. The molecule has 0 heterocycles. The highest BCUT2D eigenvalue weighted by molar-refractivity contribution is 9.10. The molecule has 58 valence electrons. The number of allylic oxidation sites excluding steroid dienone is 4. The minimum absolute atomic E-state index is 0.364. The molecule has 0 aromatic heterocycles. The van der Waals surface area contributed by atoms with Crippen molar-refractivity contribution >= 4 is 47.8 Å². The van der Waals surface area contributed by atoms with Gasteiger partial charge < -0.3 is 0 Å².